The van der Waals surface area contributed by atoms with E-state index in [1.165, 1.54) is 30.7 Å². The molecule has 0 radical (unpaired) electrons. The first-order valence-corrected chi connectivity index (χ1v) is 8.82. The van der Waals surface area contributed by atoms with Crippen LogP contribution in [0.4, 0.5) is 25.8 Å². The summed E-state index contributed by atoms with van der Waals surface area (Å²) in [6.45, 7) is 3.19. The number of carbonyl (C=O) groups excluding carboxylic acids is 2. The van der Waals surface area contributed by atoms with E-state index in [-0.39, 0.29) is 18.1 Å². The van der Waals surface area contributed by atoms with E-state index in [1.807, 2.05) is 12.1 Å². The van der Waals surface area contributed by atoms with E-state index >= 15 is 0 Å². The molecule has 1 fully saturated rings. The van der Waals surface area contributed by atoms with Crippen molar-refractivity contribution in [3.63, 3.8) is 0 Å². The van der Waals surface area contributed by atoms with Gasteiger partial charge < -0.3 is 15.1 Å². The van der Waals surface area contributed by atoms with E-state index in [4.69, 9.17) is 0 Å². The first kappa shape index (κ1) is 18.8. The predicted molar refractivity (Wildman–Crippen MR) is 101 cm³/mol. The predicted octanol–water partition coefficient (Wildman–Crippen LogP) is 3.56. The minimum absolute atomic E-state index is 0.131. The summed E-state index contributed by atoms with van der Waals surface area (Å²) in [5, 5.41) is 2.47. The zero-order chi connectivity index (χ0) is 19.4. The van der Waals surface area contributed by atoms with Gasteiger partial charge in [0.2, 0.25) is 11.8 Å². The van der Waals surface area contributed by atoms with Crippen LogP contribution in [0.2, 0.25) is 0 Å². The summed E-state index contributed by atoms with van der Waals surface area (Å²) in [4.78, 5) is 27.9. The van der Waals surface area contributed by atoms with Crippen molar-refractivity contribution in [2.24, 2.45) is 0 Å². The smallest absolute Gasteiger partial charge is 0.244 e. The molecule has 1 saturated heterocycles. The topological polar surface area (TPSA) is 52.7 Å². The maximum absolute atomic E-state index is 13.3. The summed E-state index contributed by atoms with van der Waals surface area (Å²) in [5.41, 5.74) is 1.82. The van der Waals surface area contributed by atoms with Crippen LogP contribution in [0.1, 0.15) is 19.8 Å². The van der Waals surface area contributed by atoms with Crippen LogP contribution in [0.5, 0.6) is 0 Å². The standard InChI is InChI=1S/C20H21F2N3O2/c1-14(26)25(13-20(27)23-15-4-9-18(21)19(22)12-15)17-7-5-16(6-8-17)24-10-2-3-11-24/h4-9,12H,2-3,10-11,13H2,1H3,(H,23,27). The van der Waals surface area contributed by atoms with Crippen LogP contribution in [-0.4, -0.2) is 31.4 Å². The van der Waals surface area contributed by atoms with Gasteiger partial charge in [0.1, 0.15) is 6.54 Å². The van der Waals surface area contributed by atoms with Gasteiger partial charge in [-0.1, -0.05) is 0 Å². The molecule has 0 unspecified atom stereocenters. The van der Waals surface area contributed by atoms with Gasteiger partial charge in [-0.3, -0.25) is 9.59 Å². The zero-order valence-corrected chi connectivity index (χ0v) is 15.0. The molecule has 0 bridgehead atoms. The van der Waals surface area contributed by atoms with E-state index in [9.17, 15) is 18.4 Å². The number of amides is 2. The molecule has 7 heteroatoms. The van der Waals surface area contributed by atoms with Gasteiger partial charge in [0.15, 0.2) is 11.6 Å². The van der Waals surface area contributed by atoms with Crippen molar-refractivity contribution < 1.29 is 18.4 Å². The van der Waals surface area contributed by atoms with E-state index in [0.717, 1.165) is 30.9 Å². The first-order chi connectivity index (χ1) is 12.9. The molecule has 0 spiro atoms. The van der Waals surface area contributed by atoms with Gasteiger partial charge in [-0.15, -0.1) is 0 Å². The Hall–Kier alpha value is -2.96. The van der Waals surface area contributed by atoms with Gasteiger partial charge in [0, 0.05) is 43.1 Å². The fourth-order valence-electron chi connectivity index (χ4n) is 3.12. The maximum Gasteiger partial charge on any atom is 0.244 e. The molecule has 0 aliphatic carbocycles. The third-order valence-electron chi connectivity index (χ3n) is 4.52. The fourth-order valence-corrected chi connectivity index (χ4v) is 3.12. The second-order valence-electron chi connectivity index (χ2n) is 6.49. The van der Waals surface area contributed by atoms with Crippen molar-refractivity contribution in [2.45, 2.75) is 19.8 Å². The second-order valence-corrected chi connectivity index (χ2v) is 6.49. The number of carbonyl (C=O) groups is 2. The Bertz CT molecular complexity index is 834. The lowest BCUT2D eigenvalue weighted by Crippen LogP contribution is -2.36. The fraction of sp³-hybridized carbons (Fsp3) is 0.300. The molecule has 27 heavy (non-hydrogen) atoms. The van der Waals surface area contributed by atoms with Crippen molar-refractivity contribution in [1.29, 1.82) is 0 Å². The number of nitrogens with zero attached hydrogens (tertiary/aromatic N) is 2. The number of anilines is 3. The van der Waals surface area contributed by atoms with E-state index < -0.39 is 17.5 Å². The number of benzene rings is 2. The average molecular weight is 373 g/mol. The van der Waals surface area contributed by atoms with E-state index in [2.05, 4.69) is 10.2 Å². The zero-order valence-electron chi connectivity index (χ0n) is 15.0. The molecule has 1 aliphatic rings. The van der Waals surface area contributed by atoms with Gasteiger partial charge in [-0.25, -0.2) is 8.78 Å². The minimum Gasteiger partial charge on any atom is -0.372 e. The SMILES string of the molecule is CC(=O)N(CC(=O)Nc1ccc(F)c(F)c1)c1ccc(N2CCCC2)cc1. The van der Waals surface area contributed by atoms with E-state index in [0.29, 0.717) is 5.69 Å². The summed E-state index contributed by atoms with van der Waals surface area (Å²) in [6, 6.07) is 10.6. The summed E-state index contributed by atoms with van der Waals surface area (Å²) in [5.74, 6) is -2.82. The van der Waals surface area contributed by atoms with Crippen molar-refractivity contribution in [3.8, 4) is 0 Å². The van der Waals surface area contributed by atoms with Crippen LogP contribution in [0.3, 0.4) is 0 Å². The summed E-state index contributed by atoms with van der Waals surface area (Å²) >= 11 is 0. The number of hydrogen-bond donors (Lipinski definition) is 1. The number of halogens is 2. The molecular weight excluding hydrogens is 352 g/mol. The van der Waals surface area contributed by atoms with Crippen LogP contribution in [-0.2, 0) is 9.59 Å². The molecule has 1 heterocycles. The first-order valence-electron chi connectivity index (χ1n) is 8.82. The molecule has 2 amide bonds. The highest BCUT2D eigenvalue weighted by atomic mass is 19.2. The molecule has 1 aliphatic heterocycles. The summed E-state index contributed by atoms with van der Waals surface area (Å²) < 4.78 is 26.2. The summed E-state index contributed by atoms with van der Waals surface area (Å²) in [7, 11) is 0. The van der Waals surface area contributed by atoms with Crippen molar-refractivity contribution in [2.75, 3.05) is 34.8 Å². The monoisotopic (exact) mass is 373 g/mol. The molecular formula is C20H21F2N3O2. The highest BCUT2D eigenvalue weighted by Gasteiger charge is 2.18. The van der Waals surface area contributed by atoms with Crippen LogP contribution in [0.25, 0.3) is 0 Å². The largest absolute Gasteiger partial charge is 0.372 e. The molecule has 1 N–H and O–H groups in total. The van der Waals surface area contributed by atoms with Crippen LogP contribution >= 0.6 is 0 Å². The Balaban J connectivity index is 1.68. The van der Waals surface area contributed by atoms with Gasteiger partial charge >= 0.3 is 0 Å². The van der Waals surface area contributed by atoms with Crippen molar-refractivity contribution >= 4 is 28.9 Å². The lowest BCUT2D eigenvalue weighted by atomic mass is 10.2. The van der Waals surface area contributed by atoms with Crippen LogP contribution in [0, 0.1) is 11.6 Å². The highest BCUT2D eigenvalue weighted by molar-refractivity contribution is 6.01. The van der Waals surface area contributed by atoms with E-state index in [1.54, 1.807) is 12.1 Å². The highest BCUT2D eigenvalue weighted by Crippen LogP contribution is 2.24. The number of nitrogens with one attached hydrogen (secondary N) is 1. The Morgan fingerprint density at radius 1 is 1.04 bits per heavy atom. The Morgan fingerprint density at radius 3 is 2.30 bits per heavy atom. The summed E-state index contributed by atoms with van der Waals surface area (Å²) in [6.07, 6.45) is 2.34. The van der Waals surface area contributed by atoms with Gasteiger partial charge in [0.25, 0.3) is 0 Å². The molecule has 0 aromatic heterocycles. The molecule has 5 nitrogen and oxygen atoms in total. The van der Waals surface area contributed by atoms with Crippen LogP contribution < -0.4 is 15.1 Å². The average Bonchev–Trinajstić information content (AvgIpc) is 3.17. The van der Waals surface area contributed by atoms with Crippen LogP contribution in [0.15, 0.2) is 42.5 Å². The molecule has 0 atom stereocenters. The van der Waals surface area contributed by atoms with Crippen molar-refractivity contribution in [1.82, 2.24) is 0 Å². The van der Waals surface area contributed by atoms with Gasteiger partial charge in [0.05, 0.1) is 0 Å². The van der Waals surface area contributed by atoms with Gasteiger partial charge in [-0.05, 0) is 49.2 Å². The molecule has 2 aromatic carbocycles. The minimum atomic E-state index is -1.05. The molecule has 2 aromatic rings. The normalized spacial score (nSPS) is 13.5. The molecule has 0 saturated carbocycles. The Morgan fingerprint density at radius 2 is 1.70 bits per heavy atom. The second kappa shape index (κ2) is 8.16. The van der Waals surface area contributed by atoms with Crippen molar-refractivity contribution in [3.05, 3.63) is 54.1 Å². The lowest BCUT2D eigenvalue weighted by molar-refractivity contribution is -0.120. The van der Waals surface area contributed by atoms with Gasteiger partial charge in [-0.2, -0.15) is 0 Å². The molecule has 142 valence electrons. The number of hydrogen-bond acceptors (Lipinski definition) is 3. The number of rotatable bonds is 5. The third-order valence-corrected chi connectivity index (χ3v) is 4.52. The maximum atomic E-state index is 13.3. The Labute approximate surface area is 156 Å². The lowest BCUT2D eigenvalue weighted by Gasteiger charge is -2.23. The Kier molecular flexibility index (Phi) is 5.69. The third kappa shape index (κ3) is 4.61. The quantitative estimate of drug-likeness (QED) is 0.872. The molecule has 3 rings (SSSR count).